The van der Waals surface area contributed by atoms with Crippen LogP contribution in [0.1, 0.15) is 31.8 Å². The summed E-state index contributed by atoms with van der Waals surface area (Å²) in [7, 11) is -16.1. The van der Waals surface area contributed by atoms with Crippen LogP contribution in [0, 0.1) is 0 Å². The summed E-state index contributed by atoms with van der Waals surface area (Å²) in [6.07, 6.45) is 0. The van der Waals surface area contributed by atoms with Gasteiger partial charge in [0.1, 0.15) is 0 Å². The molecule has 3 rings (SSSR count). The number of ketones is 2. The van der Waals surface area contributed by atoms with Crippen molar-refractivity contribution in [2.75, 3.05) is 38.7 Å². The number of carbonyl (C=O) groups is 2. The van der Waals surface area contributed by atoms with Crippen molar-refractivity contribution >= 4 is 51.8 Å². The molecular formula is C20H22N2O12S4. The number of nitrogens with zero attached hydrogens (tertiary/aromatic N) is 2. The maximum Gasteiger partial charge on any atom is 0.266 e. The highest BCUT2D eigenvalue weighted by Crippen LogP contribution is 2.36. The van der Waals surface area contributed by atoms with Gasteiger partial charge in [-0.25, -0.2) is 16.8 Å². The van der Waals surface area contributed by atoms with Gasteiger partial charge in [-0.15, -0.1) is 0 Å². The molecule has 2 aromatic rings. The zero-order chi connectivity index (χ0) is 28.8. The van der Waals surface area contributed by atoms with Crippen molar-refractivity contribution in [3.8, 4) is 0 Å². The summed E-state index contributed by atoms with van der Waals surface area (Å²) in [5.41, 5.74) is -1.93. The molecule has 0 fully saturated rings. The number of hydrogen-bond acceptors (Lipinski definition) is 10. The summed E-state index contributed by atoms with van der Waals surface area (Å²) in [4.78, 5) is 25.7. The van der Waals surface area contributed by atoms with E-state index in [0.717, 1.165) is 50.5 Å². The minimum absolute atomic E-state index is 0.421. The van der Waals surface area contributed by atoms with Gasteiger partial charge in [0.05, 0.1) is 32.4 Å². The average Bonchev–Trinajstić information content (AvgIpc) is 2.82. The first-order valence-electron chi connectivity index (χ1n) is 10.5. The summed E-state index contributed by atoms with van der Waals surface area (Å²) in [5.74, 6) is -3.84. The Morgan fingerprint density at radius 3 is 1.21 bits per heavy atom. The van der Waals surface area contributed by atoms with Gasteiger partial charge in [-0.1, -0.05) is 24.3 Å². The Balaban J connectivity index is 2.13. The Morgan fingerprint density at radius 1 is 0.605 bits per heavy atom. The maximum atomic E-state index is 13.5. The summed E-state index contributed by atoms with van der Waals surface area (Å²) >= 11 is 0. The molecule has 0 heterocycles. The monoisotopic (exact) mass is 610 g/mol. The third kappa shape index (κ3) is 5.86. The van der Waals surface area contributed by atoms with Gasteiger partial charge in [-0.3, -0.25) is 18.7 Å². The number of fused-ring (bicyclic) bond motifs is 2. The van der Waals surface area contributed by atoms with E-state index in [-0.39, 0.29) is 0 Å². The molecule has 38 heavy (non-hydrogen) atoms. The fourth-order valence-electron chi connectivity index (χ4n) is 3.67. The zero-order valence-corrected chi connectivity index (χ0v) is 23.1. The van der Waals surface area contributed by atoms with Crippen LogP contribution in [0.25, 0.3) is 0 Å². The summed E-state index contributed by atoms with van der Waals surface area (Å²) in [6.45, 7) is -1.33. The molecule has 0 bridgehead atoms. The number of hydrogen-bond donors (Lipinski definition) is 2. The lowest BCUT2D eigenvalue weighted by Crippen LogP contribution is -2.35. The Hall–Kier alpha value is -2.58. The van der Waals surface area contributed by atoms with Crippen LogP contribution >= 0.6 is 0 Å². The summed E-state index contributed by atoms with van der Waals surface area (Å²) in [6, 6.07) is 6.60. The fraction of sp³-hybridized carbons (Fsp3) is 0.300. The zero-order valence-electron chi connectivity index (χ0n) is 19.8. The highest BCUT2D eigenvalue weighted by atomic mass is 32.2. The van der Waals surface area contributed by atoms with E-state index in [9.17, 15) is 43.3 Å². The normalized spacial score (nSPS) is 14.6. The van der Waals surface area contributed by atoms with Crippen molar-refractivity contribution in [1.29, 1.82) is 0 Å². The second-order valence-electron chi connectivity index (χ2n) is 8.24. The van der Waals surface area contributed by atoms with Crippen LogP contribution in [0.2, 0.25) is 0 Å². The predicted octanol–water partition coefficient (Wildman–Crippen LogP) is -0.521. The van der Waals surface area contributed by atoms with Gasteiger partial charge in [-0.2, -0.15) is 25.4 Å². The van der Waals surface area contributed by atoms with Gasteiger partial charge in [0.15, 0.2) is 11.6 Å². The molecule has 0 atom stereocenters. The average molecular weight is 611 g/mol. The molecule has 1 aliphatic carbocycles. The molecule has 208 valence electrons. The molecule has 0 saturated carbocycles. The van der Waals surface area contributed by atoms with E-state index < -0.39 is 108 Å². The Morgan fingerprint density at radius 2 is 0.921 bits per heavy atom. The molecule has 0 amide bonds. The second-order valence-corrected chi connectivity index (χ2v) is 15.4. The highest BCUT2D eigenvalue weighted by molar-refractivity contribution is 7.89. The Bertz CT molecular complexity index is 1630. The van der Waals surface area contributed by atoms with E-state index in [1.165, 1.54) is 0 Å². The van der Waals surface area contributed by atoms with Gasteiger partial charge in [-0.05, 0) is 12.1 Å². The van der Waals surface area contributed by atoms with E-state index in [2.05, 4.69) is 0 Å². The van der Waals surface area contributed by atoms with E-state index in [1.807, 2.05) is 0 Å². The van der Waals surface area contributed by atoms with Crippen LogP contribution in [0.3, 0.4) is 0 Å². The van der Waals surface area contributed by atoms with Crippen molar-refractivity contribution in [2.24, 2.45) is 0 Å². The van der Waals surface area contributed by atoms with Crippen molar-refractivity contribution in [3.05, 3.63) is 58.7 Å². The SMILES string of the molecule is CN(CCS(=O)(=O)O)S(=O)(=O)c1cccc2c1C(=O)c1cccc(S(=O)(=O)N(C)CCS(=O)(=O)O)c1C2=O. The fourth-order valence-corrected chi connectivity index (χ4v) is 7.67. The van der Waals surface area contributed by atoms with Crippen LogP contribution in [-0.4, -0.2) is 102 Å². The van der Waals surface area contributed by atoms with Crippen LogP contribution in [-0.2, 0) is 40.3 Å². The van der Waals surface area contributed by atoms with Crippen molar-refractivity contribution in [1.82, 2.24) is 8.61 Å². The molecule has 0 aliphatic heterocycles. The molecule has 0 aromatic heterocycles. The number of carbonyl (C=O) groups excluding carboxylic acids is 2. The third-order valence-corrected chi connectivity index (χ3v) is 10.9. The molecule has 0 unspecified atom stereocenters. The molecular weight excluding hydrogens is 588 g/mol. The molecule has 2 aromatic carbocycles. The summed E-state index contributed by atoms with van der Waals surface area (Å²) in [5, 5.41) is 0. The predicted molar refractivity (Wildman–Crippen MR) is 132 cm³/mol. The van der Waals surface area contributed by atoms with Crippen molar-refractivity contribution in [2.45, 2.75) is 9.79 Å². The largest absolute Gasteiger partial charge is 0.289 e. The Labute approximate surface area is 219 Å². The van der Waals surface area contributed by atoms with Crippen molar-refractivity contribution < 1.29 is 52.4 Å². The first kappa shape index (κ1) is 30.0. The number of benzene rings is 2. The van der Waals surface area contributed by atoms with Gasteiger partial charge in [0, 0.05) is 38.3 Å². The minimum Gasteiger partial charge on any atom is -0.289 e. The molecule has 0 spiro atoms. The molecule has 18 heteroatoms. The standard InChI is InChI=1S/C20H22N2O12S4/c1-21(9-11-35(25,26)27)37(31,32)15-7-3-5-13-17(15)19(23)14-6-4-8-16(18(14)20(13)24)38(33,34)22(2)10-12-36(28,29)30/h3-8H,9-12H2,1-2H3,(H,25,26,27)(H,28,29,30). The molecule has 14 nitrogen and oxygen atoms in total. The van der Waals surface area contributed by atoms with Gasteiger partial charge >= 0.3 is 0 Å². The first-order chi connectivity index (χ1) is 17.3. The van der Waals surface area contributed by atoms with Crippen LogP contribution < -0.4 is 0 Å². The van der Waals surface area contributed by atoms with E-state index in [0.29, 0.717) is 8.61 Å². The maximum absolute atomic E-state index is 13.5. The molecule has 1 aliphatic rings. The number of rotatable bonds is 10. The minimum atomic E-state index is -4.56. The molecule has 0 saturated heterocycles. The van der Waals surface area contributed by atoms with Crippen LogP contribution in [0.5, 0.6) is 0 Å². The molecule has 0 radical (unpaired) electrons. The van der Waals surface area contributed by atoms with E-state index in [4.69, 9.17) is 9.11 Å². The van der Waals surface area contributed by atoms with E-state index in [1.54, 1.807) is 0 Å². The van der Waals surface area contributed by atoms with Gasteiger partial charge in [0.25, 0.3) is 20.2 Å². The van der Waals surface area contributed by atoms with Gasteiger partial charge < -0.3 is 0 Å². The number of sulfonamides is 2. The first-order valence-corrected chi connectivity index (χ1v) is 16.6. The van der Waals surface area contributed by atoms with Gasteiger partial charge in [0.2, 0.25) is 20.0 Å². The third-order valence-electron chi connectivity index (χ3n) is 5.70. The Kier molecular flexibility index (Phi) is 8.04. The second kappa shape index (κ2) is 10.2. The van der Waals surface area contributed by atoms with E-state index >= 15 is 0 Å². The highest BCUT2D eigenvalue weighted by Gasteiger charge is 2.40. The van der Waals surface area contributed by atoms with Crippen molar-refractivity contribution in [3.63, 3.8) is 0 Å². The lowest BCUT2D eigenvalue weighted by molar-refractivity contribution is 0.0974. The smallest absolute Gasteiger partial charge is 0.266 e. The van der Waals surface area contributed by atoms with Crippen LogP contribution in [0.4, 0.5) is 0 Å². The lowest BCUT2D eigenvalue weighted by Gasteiger charge is -2.25. The lowest BCUT2D eigenvalue weighted by atomic mass is 9.84. The topological polar surface area (TPSA) is 218 Å². The molecule has 2 N–H and O–H groups in total. The quantitative estimate of drug-likeness (QED) is 0.277. The van der Waals surface area contributed by atoms with Crippen LogP contribution in [0.15, 0.2) is 46.2 Å². The summed E-state index contributed by atoms with van der Waals surface area (Å²) < 4.78 is 116.